The summed E-state index contributed by atoms with van der Waals surface area (Å²) < 4.78 is 44.6. The maximum Gasteiger partial charge on any atom is 0.416 e. The van der Waals surface area contributed by atoms with Crippen LogP contribution >= 0.6 is 11.8 Å². The van der Waals surface area contributed by atoms with Crippen molar-refractivity contribution in [2.45, 2.75) is 17.9 Å². The summed E-state index contributed by atoms with van der Waals surface area (Å²) in [5.74, 6) is 0.549. The molecule has 0 spiro atoms. The third-order valence-corrected chi connectivity index (χ3v) is 4.91. The van der Waals surface area contributed by atoms with Gasteiger partial charge in [-0.3, -0.25) is 9.36 Å². The Bertz CT molecular complexity index is 957. The van der Waals surface area contributed by atoms with E-state index < -0.39 is 11.7 Å². The first-order chi connectivity index (χ1) is 13.9. The van der Waals surface area contributed by atoms with Crippen molar-refractivity contribution in [1.29, 1.82) is 0 Å². The molecule has 29 heavy (non-hydrogen) atoms. The van der Waals surface area contributed by atoms with Gasteiger partial charge in [-0.1, -0.05) is 23.9 Å². The highest BCUT2D eigenvalue weighted by atomic mass is 32.2. The molecule has 0 aliphatic heterocycles. The van der Waals surface area contributed by atoms with E-state index in [4.69, 9.17) is 4.74 Å². The van der Waals surface area contributed by atoms with Crippen molar-refractivity contribution in [3.05, 3.63) is 66.0 Å². The van der Waals surface area contributed by atoms with Gasteiger partial charge in [-0.05, 0) is 42.0 Å². The van der Waals surface area contributed by atoms with Gasteiger partial charge in [0.2, 0.25) is 5.91 Å². The number of carbonyl (C=O) groups excluding carboxylic acids is 1. The molecule has 0 radical (unpaired) electrons. The number of methoxy groups -OCH3 is 1. The van der Waals surface area contributed by atoms with E-state index in [1.165, 1.54) is 23.9 Å². The molecule has 6 nitrogen and oxygen atoms in total. The molecule has 1 amide bonds. The normalized spacial score (nSPS) is 11.3. The van der Waals surface area contributed by atoms with Crippen LogP contribution in [0.5, 0.6) is 5.75 Å². The highest BCUT2D eigenvalue weighted by Crippen LogP contribution is 2.29. The molecule has 0 fully saturated rings. The van der Waals surface area contributed by atoms with Crippen LogP contribution in [0.25, 0.3) is 5.69 Å². The Morgan fingerprint density at radius 1 is 1.14 bits per heavy atom. The molecule has 0 bridgehead atoms. The topological polar surface area (TPSA) is 69.0 Å². The Balaban J connectivity index is 1.53. The van der Waals surface area contributed by atoms with Crippen molar-refractivity contribution >= 4 is 17.7 Å². The number of nitrogens with zero attached hydrogens (tertiary/aromatic N) is 3. The van der Waals surface area contributed by atoms with Crippen molar-refractivity contribution in [2.24, 2.45) is 0 Å². The van der Waals surface area contributed by atoms with Gasteiger partial charge in [0.1, 0.15) is 12.1 Å². The van der Waals surface area contributed by atoms with Crippen LogP contribution in [0.1, 0.15) is 11.1 Å². The van der Waals surface area contributed by atoms with Crippen molar-refractivity contribution in [3.63, 3.8) is 0 Å². The number of rotatable bonds is 7. The van der Waals surface area contributed by atoms with Crippen molar-refractivity contribution < 1.29 is 22.7 Å². The van der Waals surface area contributed by atoms with Gasteiger partial charge < -0.3 is 10.1 Å². The summed E-state index contributed by atoms with van der Waals surface area (Å²) in [4.78, 5) is 12.1. The van der Waals surface area contributed by atoms with Crippen molar-refractivity contribution in [2.75, 3.05) is 12.9 Å². The Hall–Kier alpha value is -3.01. The number of nitrogens with one attached hydrogen (secondary N) is 1. The van der Waals surface area contributed by atoms with E-state index in [9.17, 15) is 18.0 Å². The first-order valence-electron chi connectivity index (χ1n) is 8.47. The van der Waals surface area contributed by atoms with Gasteiger partial charge in [0.05, 0.1) is 18.4 Å². The number of ether oxygens (including phenoxy) is 1. The number of amides is 1. The minimum Gasteiger partial charge on any atom is -0.497 e. The lowest BCUT2D eigenvalue weighted by Gasteiger charge is -2.09. The fourth-order valence-electron chi connectivity index (χ4n) is 2.44. The van der Waals surface area contributed by atoms with Crippen molar-refractivity contribution in [1.82, 2.24) is 20.1 Å². The minimum absolute atomic E-state index is 0.0927. The number of benzene rings is 2. The van der Waals surface area contributed by atoms with Crippen LogP contribution in [0, 0.1) is 0 Å². The number of thioether (sulfide) groups is 1. The van der Waals surface area contributed by atoms with Crippen LogP contribution in [0.2, 0.25) is 0 Å². The molecule has 0 aliphatic rings. The summed E-state index contributed by atoms with van der Waals surface area (Å²) in [5.41, 5.74) is 0.683. The molecule has 10 heteroatoms. The zero-order valence-corrected chi connectivity index (χ0v) is 16.1. The Kier molecular flexibility index (Phi) is 6.42. The summed E-state index contributed by atoms with van der Waals surface area (Å²) in [5, 5.41) is 11.1. The highest BCUT2D eigenvalue weighted by Gasteiger charge is 2.29. The minimum atomic E-state index is -4.38. The second kappa shape index (κ2) is 8.99. The third kappa shape index (κ3) is 5.50. The van der Waals surface area contributed by atoms with E-state index in [1.807, 2.05) is 12.1 Å². The van der Waals surface area contributed by atoms with E-state index in [-0.39, 0.29) is 18.2 Å². The van der Waals surface area contributed by atoms with Gasteiger partial charge in [0.25, 0.3) is 0 Å². The number of aromatic nitrogens is 3. The third-order valence-electron chi connectivity index (χ3n) is 3.97. The lowest BCUT2D eigenvalue weighted by Crippen LogP contribution is -2.24. The molecule has 3 aromatic rings. The van der Waals surface area contributed by atoms with Gasteiger partial charge in [-0.15, -0.1) is 10.2 Å². The molecule has 1 aromatic heterocycles. The molecule has 0 unspecified atom stereocenters. The number of halogens is 3. The van der Waals surface area contributed by atoms with Gasteiger partial charge in [0, 0.05) is 12.2 Å². The van der Waals surface area contributed by atoms with E-state index in [1.54, 1.807) is 30.1 Å². The van der Waals surface area contributed by atoms with E-state index >= 15 is 0 Å². The van der Waals surface area contributed by atoms with Gasteiger partial charge in [-0.25, -0.2) is 0 Å². The van der Waals surface area contributed by atoms with E-state index in [0.29, 0.717) is 10.7 Å². The second-order valence-corrected chi connectivity index (χ2v) is 6.88. The highest BCUT2D eigenvalue weighted by molar-refractivity contribution is 7.99. The van der Waals surface area contributed by atoms with Crippen LogP contribution in [-0.2, 0) is 17.5 Å². The zero-order chi connectivity index (χ0) is 20.9. The monoisotopic (exact) mass is 422 g/mol. The van der Waals surface area contributed by atoms with Gasteiger partial charge in [-0.2, -0.15) is 13.2 Å². The fraction of sp³-hybridized carbons (Fsp3) is 0.211. The van der Waals surface area contributed by atoms with Crippen LogP contribution < -0.4 is 10.1 Å². The summed E-state index contributed by atoms with van der Waals surface area (Å²) in [7, 11) is 1.58. The predicted octanol–water partition coefficient (Wildman–Crippen LogP) is 3.70. The van der Waals surface area contributed by atoms with Gasteiger partial charge >= 0.3 is 6.18 Å². The molecule has 2 aromatic carbocycles. The SMILES string of the molecule is COc1ccc(-n2cnnc2SCC(=O)NCc2ccc(C(F)(F)F)cc2)cc1. The smallest absolute Gasteiger partial charge is 0.416 e. The summed E-state index contributed by atoms with van der Waals surface area (Å²) in [6.45, 7) is 0.142. The molecular formula is C19H17F3N4O2S. The van der Waals surface area contributed by atoms with E-state index in [2.05, 4.69) is 15.5 Å². The molecule has 0 saturated heterocycles. The Morgan fingerprint density at radius 3 is 2.45 bits per heavy atom. The number of hydrogen-bond donors (Lipinski definition) is 1. The molecule has 1 N–H and O–H groups in total. The average Bonchev–Trinajstić information content (AvgIpc) is 3.19. The predicted molar refractivity (Wildman–Crippen MR) is 102 cm³/mol. The van der Waals surface area contributed by atoms with Gasteiger partial charge in [0.15, 0.2) is 5.16 Å². The fourth-order valence-corrected chi connectivity index (χ4v) is 3.19. The number of hydrogen-bond acceptors (Lipinski definition) is 5. The first-order valence-corrected chi connectivity index (χ1v) is 9.45. The Morgan fingerprint density at radius 2 is 1.83 bits per heavy atom. The summed E-state index contributed by atoms with van der Waals surface area (Å²) in [6.07, 6.45) is -2.83. The van der Waals surface area contributed by atoms with E-state index in [0.717, 1.165) is 23.6 Å². The maximum atomic E-state index is 12.6. The first kappa shape index (κ1) is 20.7. The zero-order valence-electron chi connectivity index (χ0n) is 15.3. The lowest BCUT2D eigenvalue weighted by atomic mass is 10.1. The number of carbonyl (C=O) groups is 1. The molecule has 152 valence electrons. The molecule has 0 atom stereocenters. The molecule has 0 saturated carbocycles. The summed E-state index contributed by atoms with van der Waals surface area (Å²) in [6, 6.07) is 12.0. The Labute approximate surface area is 169 Å². The molecular weight excluding hydrogens is 405 g/mol. The molecule has 3 rings (SSSR count). The average molecular weight is 422 g/mol. The van der Waals surface area contributed by atoms with Crippen LogP contribution in [0.15, 0.2) is 60.0 Å². The number of alkyl halides is 3. The summed E-state index contributed by atoms with van der Waals surface area (Å²) >= 11 is 1.20. The molecule has 0 aliphatic carbocycles. The standard InChI is InChI=1S/C19H17F3N4O2S/c1-28-16-8-6-15(7-9-16)26-12-24-25-18(26)29-11-17(27)23-10-13-2-4-14(5-3-13)19(20,21)22/h2-9,12H,10-11H2,1H3,(H,23,27). The lowest BCUT2D eigenvalue weighted by molar-refractivity contribution is -0.137. The second-order valence-electron chi connectivity index (χ2n) is 5.94. The quantitative estimate of drug-likeness (QED) is 0.588. The molecule has 1 heterocycles. The van der Waals surface area contributed by atoms with Crippen LogP contribution in [0.3, 0.4) is 0 Å². The maximum absolute atomic E-state index is 12.6. The van der Waals surface area contributed by atoms with Crippen molar-refractivity contribution in [3.8, 4) is 11.4 Å². The van der Waals surface area contributed by atoms with Crippen LogP contribution in [-0.4, -0.2) is 33.5 Å². The van der Waals surface area contributed by atoms with Crippen LogP contribution in [0.4, 0.5) is 13.2 Å². The largest absolute Gasteiger partial charge is 0.497 e.